The lowest BCUT2D eigenvalue weighted by atomic mass is 10.0. The van der Waals surface area contributed by atoms with Crippen LogP contribution < -0.4 is 4.90 Å². The number of halogens is 3. The molecule has 0 radical (unpaired) electrons. The molecule has 2 amide bonds. The number of piperidine rings is 1. The van der Waals surface area contributed by atoms with Gasteiger partial charge < -0.3 is 9.64 Å². The van der Waals surface area contributed by atoms with Crippen molar-refractivity contribution in [2.24, 2.45) is 0 Å². The van der Waals surface area contributed by atoms with Crippen LogP contribution in [0.2, 0.25) is 10.2 Å². The predicted octanol–water partition coefficient (Wildman–Crippen LogP) is 7.18. The minimum Gasteiger partial charge on any atom is -0.444 e. The van der Waals surface area contributed by atoms with E-state index in [-0.39, 0.29) is 23.1 Å². The van der Waals surface area contributed by atoms with Crippen LogP contribution >= 0.6 is 23.2 Å². The molecule has 0 bridgehead atoms. The molecule has 1 aliphatic rings. The lowest BCUT2D eigenvalue weighted by Crippen LogP contribution is -2.53. The fourth-order valence-electron chi connectivity index (χ4n) is 4.92. The molecule has 1 fully saturated rings. The fourth-order valence-corrected chi connectivity index (χ4v) is 5.40. The number of likely N-dealkylation sites (tertiary alicyclic amines) is 1. The van der Waals surface area contributed by atoms with Crippen molar-refractivity contribution in [3.63, 3.8) is 0 Å². The van der Waals surface area contributed by atoms with Crippen LogP contribution in [0.15, 0.2) is 61.1 Å². The lowest BCUT2D eigenvalue weighted by molar-refractivity contribution is 0.0196. The summed E-state index contributed by atoms with van der Waals surface area (Å²) in [4.78, 5) is 43.0. The minimum atomic E-state index is -0.759. The second kappa shape index (κ2) is 11.6. The first-order valence-corrected chi connectivity index (χ1v) is 13.9. The van der Waals surface area contributed by atoms with Crippen LogP contribution in [0, 0.1) is 5.82 Å². The molecule has 0 spiro atoms. The van der Waals surface area contributed by atoms with Gasteiger partial charge in [0.05, 0.1) is 16.6 Å². The molecule has 2 aromatic carbocycles. The monoisotopic (exact) mass is 595 g/mol. The van der Waals surface area contributed by atoms with Crippen LogP contribution in [0.1, 0.15) is 44.0 Å². The number of anilines is 1. The van der Waals surface area contributed by atoms with Crippen molar-refractivity contribution in [1.82, 2.24) is 19.9 Å². The second-order valence-electron chi connectivity index (χ2n) is 10.8. The zero-order valence-corrected chi connectivity index (χ0v) is 24.3. The van der Waals surface area contributed by atoms with Gasteiger partial charge in [0.2, 0.25) is 0 Å². The summed E-state index contributed by atoms with van der Waals surface area (Å²) in [6.45, 7) is 6.04. The summed E-state index contributed by atoms with van der Waals surface area (Å²) in [6, 6.07) is 10.8. The fraction of sp³-hybridized carbons (Fsp3) is 0.300. The Hall–Kier alpha value is -3.82. The molecule has 2 aromatic heterocycles. The lowest BCUT2D eigenvalue weighted by Gasteiger charge is -2.39. The largest absolute Gasteiger partial charge is 0.444 e. The standard InChI is InChI=1S/C30H28Cl2FN5O3/c1-30(2,3)41-29(40)37-15-5-7-20(17-37)38(27-24-18(11-12-36-27)6-4-8-22(24)31)28(39)21-10-9-19(16-23(21)33)25-26(32)35-14-13-34-25/h4,6,8-14,16,20H,5,7,15,17H2,1-3H3/t20-/m1/s1. The van der Waals surface area contributed by atoms with E-state index in [1.807, 2.05) is 6.07 Å². The van der Waals surface area contributed by atoms with E-state index in [0.29, 0.717) is 41.1 Å². The van der Waals surface area contributed by atoms with Gasteiger partial charge in [-0.1, -0.05) is 41.4 Å². The molecule has 1 atom stereocenters. The number of rotatable bonds is 4. The molecule has 0 unspecified atom stereocenters. The predicted molar refractivity (Wildman–Crippen MR) is 157 cm³/mol. The number of nitrogens with zero attached hydrogens (tertiary/aromatic N) is 5. The number of fused-ring (bicyclic) bond motifs is 1. The van der Waals surface area contributed by atoms with E-state index < -0.39 is 29.5 Å². The van der Waals surface area contributed by atoms with Crippen molar-refractivity contribution in [2.75, 3.05) is 18.0 Å². The van der Waals surface area contributed by atoms with Gasteiger partial charge in [0.1, 0.15) is 22.9 Å². The molecular weight excluding hydrogens is 568 g/mol. The molecule has 11 heteroatoms. The van der Waals surface area contributed by atoms with Crippen molar-refractivity contribution >= 4 is 51.8 Å². The summed E-state index contributed by atoms with van der Waals surface area (Å²) in [7, 11) is 0. The normalized spacial score (nSPS) is 15.6. The maximum atomic E-state index is 15.7. The third kappa shape index (κ3) is 6.11. The van der Waals surface area contributed by atoms with Crippen LogP contribution in [-0.4, -0.2) is 56.6 Å². The SMILES string of the molecule is CC(C)(C)OC(=O)N1CCC[C@@H](N(C(=O)c2ccc(-c3nccnc3Cl)cc2F)c2nccc3cccc(Cl)c23)C1. The molecular formula is C30H28Cl2FN5O3. The number of hydrogen-bond donors (Lipinski definition) is 0. The van der Waals surface area contributed by atoms with Gasteiger partial charge >= 0.3 is 6.09 Å². The van der Waals surface area contributed by atoms with Gasteiger partial charge in [-0.3, -0.25) is 14.7 Å². The van der Waals surface area contributed by atoms with E-state index in [9.17, 15) is 9.59 Å². The number of carbonyl (C=O) groups is 2. The van der Waals surface area contributed by atoms with E-state index in [1.165, 1.54) is 29.4 Å². The van der Waals surface area contributed by atoms with Crippen molar-refractivity contribution in [1.29, 1.82) is 0 Å². The molecule has 0 N–H and O–H groups in total. The highest BCUT2D eigenvalue weighted by molar-refractivity contribution is 6.37. The third-order valence-electron chi connectivity index (χ3n) is 6.71. The van der Waals surface area contributed by atoms with Gasteiger partial charge in [0.25, 0.3) is 5.91 Å². The zero-order chi connectivity index (χ0) is 29.3. The summed E-state index contributed by atoms with van der Waals surface area (Å²) in [5, 5.41) is 1.85. The summed E-state index contributed by atoms with van der Waals surface area (Å²) in [6.07, 6.45) is 5.16. The van der Waals surface area contributed by atoms with Crippen molar-refractivity contribution in [3.05, 3.63) is 82.6 Å². The molecule has 212 valence electrons. The van der Waals surface area contributed by atoms with E-state index >= 15 is 4.39 Å². The summed E-state index contributed by atoms with van der Waals surface area (Å²) >= 11 is 12.8. The van der Waals surface area contributed by atoms with Gasteiger partial charge in [-0.05, 0) is 63.3 Å². The van der Waals surface area contributed by atoms with Gasteiger partial charge in [-0.15, -0.1) is 0 Å². The van der Waals surface area contributed by atoms with Crippen molar-refractivity contribution in [2.45, 2.75) is 45.3 Å². The van der Waals surface area contributed by atoms with Crippen LogP contribution in [0.5, 0.6) is 0 Å². The number of ether oxygens (including phenoxy) is 1. The highest BCUT2D eigenvalue weighted by Crippen LogP contribution is 2.35. The van der Waals surface area contributed by atoms with E-state index in [1.54, 1.807) is 56.1 Å². The van der Waals surface area contributed by atoms with E-state index in [0.717, 1.165) is 5.39 Å². The number of aromatic nitrogens is 3. The molecule has 4 aromatic rings. The molecule has 3 heterocycles. The van der Waals surface area contributed by atoms with Gasteiger partial charge in [0, 0.05) is 42.6 Å². The minimum absolute atomic E-state index is 0.117. The van der Waals surface area contributed by atoms with Crippen molar-refractivity contribution < 1.29 is 18.7 Å². The highest BCUT2D eigenvalue weighted by Gasteiger charge is 2.36. The average Bonchev–Trinajstić information content (AvgIpc) is 2.93. The number of pyridine rings is 1. The Morgan fingerprint density at radius 3 is 2.56 bits per heavy atom. The molecule has 41 heavy (non-hydrogen) atoms. The molecule has 0 saturated carbocycles. The first-order valence-electron chi connectivity index (χ1n) is 13.1. The second-order valence-corrected chi connectivity index (χ2v) is 11.5. The number of hydrogen-bond acceptors (Lipinski definition) is 6. The van der Waals surface area contributed by atoms with E-state index in [4.69, 9.17) is 27.9 Å². The van der Waals surface area contributed by atoms with Gasteiger partial charge in [0.15, 0.2) is 5.15 Å². The third-order valence-corrected chi connectivity index (χ3v) is 7.30. The summed E-state index contributed by atoms with van der Waals surface area (Å²) in [5.74, 6) is -1.09. The Bertz CT molecular complexity index is 1620. The van der Waals surface area contributed by atoms with Gasteiger partial charge in [-0.25, -0.2) is 19.2 Å². The Balaban J connectivity index is 1.58. The Labute approximate surface area is 247 Å². The quantitative estimate of drug-likeness (QED) is 0.248. The first kappa shape index (κ1) is 28.7. The summed E-state index contributed by atoms with van der Waals surface area (Å²) in [5.41, 5.74) is -0.175. The molecule has 5 rings (SSSR count). The van der Waals surface area contributed by atoms with Crippen LogP contribution in [0.25, 0.3) is 22.0 Å². The summed E-state index contributed by atoms with van der Waals surface area (Å²) < 4.78 is 21.3. The number of benzene rings is 2. The maximum Gasteiger partial charge on any atom is 0.410 e. The van der Waals surface area contributed by atoms with E-state index in [2.05, 4.69) is 15.0 Å². The molecule has 1 saturated heterocycles. The number of amides is 2. The smallest absolute Gasteiger partial charge is 0.410 e. The Kier molecular flexibility index (Phi) is 8.11. The topological polar surface area (TPSA) is 88.5 Å². The Morgan fingerprint density at radius 1 is 1.05 bits per heavy atom. The molecule has 8 nitrogen and oxygen atoms in total. The van der Waals surface area contributed by atoms with Crippen LogP contribution in [0.3, 0.4) is 0 Å². The first-order chi connectivity index (χ1) is 19.5. The highest BCUT2D eigenvalue weighted by atomic mass is 35.5. The number of carbonyl (C=O) groups excluding carboxylic acids is 2. The van der Waals surface area contributed by atoms with Crippen molar-refractivity contribution in [3.8, 4) is 11.3 Å². The average molecular weight is 596 g/mol. The maximum absolute atomic E-state index is 15.7. The molecule has 0 aliphatic carbocycles. The van der Waals surface area contributed by atoms with Crippen LogP contribution in [0.4, 0.5) is 15.0 Å². The van der Waals surface area contributed by atoms with Crippen LogP contribution in [-0.2, 0) is 4.74 Å². The molecule has 1 aliphatic heterocycles. The van der Waals surface area contributed by atoms with Gasteiger partial charge in [-0.2, -0.15) is 0 Å². The Morgan fingerprint density at radius 2 is 1.83 bits per heavy atom. The zero-order valence-electron chi connectivity index (χ0n) is 22.8.